The van der Waals surface area contributed by atoms with E-state index in [0.717, 1.165) is 5.56 Å². The minimum absolute atomic E-state index is 0.0571. The first-order valence-electron chi connectivity index (χ1n) is 4.90. The second kappa shape index (κ2) is 6.03. The Labute approximate surface area is 88.9 Å². The second-order valence-corrected chi connectivity index (χ2v) is 2.98. The number of carbonyl (C=O) groups excluding carboxylic acids is 1. The first-order valence-corrected chi connectivity index (χ1v) is 4.90. The maximum atomic E-state index is 11.2. The Morgan fingerprint density at radius 2 is 2.20 bits per heavy atom. The number of anilines is 1. The standard InChI is InChI=1S/C11H15NO3/c1-2-15-11(14)12-10-6-4-3-5-9(10)7-8-13/h3-6,13H,2,7-8H2,1H3,(H,12,14). The molecule has 0 saturated carbocycles. The quantitative estimate of drug-likeness (QED) is 0.794. The molecule has 2 N–H and O–H groups in total. The predicted molar refractivity (Wildman–Crippen MR) is 57.9 cm³/mol. The van der Waals surface area contributed by atoms with Gasteiger partial charge in [0, 0.05) is 12.3 Å². The smallest absolute Gasteiger partial charge is 0.411 e. The third kappa shape index (κ3) is 3.59. The summed E-state index contributed by atoms with van der Waals surface area (Å²) in [6, 6.07) is 7.32. The van der Waals surface area contributed by atoms with Crippen molar-refractivity contribution in [1.29, 1.82) is 0 Å². The van der Waals surface area contributed by atoms with Crippen molar-refractivity contribution in [1.82, 2.24) is 0 Å². The minimum atomic E-state index is -0.470. The number of aliphatic hydroxyl groups is 1. The summed E-state index contributed by atoms with van der Waals surface area (Å²) in [7, 11) is 0. The van der Waals surface area contributed by atoms with E-state index in [1.54, 1.807) is 13.0 Å². The lowest BCUT2D eigenvalue weighted by molar-refractivity contribution is 0.168. The van der Waals surface area contributed by atoms with Gasteiger partial charge >= 0.3 is 6.09 Å². The summed E-state index contributed by atoms with van der Waals surface area (Å²) in [6.45, 7) is 2.15. The van der Waals surface area contributed by atoms with Crippen LogP contribution in [0.4, 0.5) is 10.5 Å². The highest BCUT2D eigenvalue weighted by molar-refractivity contribution is 5.85. The zero-order valence-electron chi connectivity index (χ0n) is 8.69. The van der Waals surface area contributed by atoms with Gasteiger partial charge in [-0.05, 0) is 25.0 Å². The number of carbonyl (C=O) groups is 1. The molecule has 1 amide bonds. The zero-order chi connectivity index (χ0) is 11.1. The molecule has 4 nitrogen and oxygen atoms in total. The topological polar surface area (TPSA) is 58.6 Å². The van der Waals surface area contributed by atoms with Crippen molar-refractivity contribution < 1.29 is 14.6 Å². The Kier molecular flexibility index (Phi) is 4.63. The van der Waals surface area contributed by atoms with Gasteiger partial charge < -0.3 is 9.84 Å². The van der Waals surface area contributed by atoms with Crippen LogP contribution in [0, 0.1) is 0 Å². The van der Waals surface area contributed by atoms with E-state index >= 15 is 0 Å². The molecule has 0 saturated heterocycles. The van der Waals surface area contributed by atoms with E-state index in [0.29, 0.717) is 18.7 Å². The normalized spacial score (nSPS) is 9.73. The average molecular weight is 209 g/mol. The summed E-state index contributed by atoms with van der Waals surface area (Å²) in [5.41, 5.74) is 1.58. The molecule has 82 valence electrons. The van der Waals surface area contributed by atoms with E-state index in [1.807, 2.05) is 18.2 Å². The third-order valence-corrected chi connectivity index (χ3v) is 1.91. The lowest BCUT2D eigenvalue weighted by Crippen LogP contribution is -2.14. The van der Waals surface area contributed by atoms with Crippen LogP contribution in [0.2, 0.25) is 0 Å². The molecule has 0 aliphatic rings. The fourth-order valence-corrected chi connectivity index (χ4v) is 1.26. The molecule has 1 aromatic rings. The summed E-state index contributed by atoms with van der Waals surface area (Å²) in [4.78, 5) is 11.2. The summed E-state index contributed by atoms with van der Waals surface area (Å²) in [6.07, 6.45) is 0.0469. The fourth-order valence-electron chi connectivity index (χ4n) is 1.26. The summed E-state index contributed by atoms with van der Waals surface area (Å²) < 4.78 is 4.77. The van der Waals surface area contributed by atoms with E-state index in [9.17, 15) is 4.79 Å². The number of rotatable bonds is 4. The largest absolute Gasteiger partial charge is 0.450 e. The molecule has 1 rings (SSSR count). The fraction of sp³-hybridized carbons (Fsp3) is 0.364. The molecule has 0 radical (unpaired) electrons. The van der Waals surface area contributed by atoms with Crippen LogP contribution in [0.5, 0.6) is 0 Å². The SMILES string of the molecule is CCOC(=O)Nc1ccccc1CCO. The highest BCUT2D eigenvalue weighted by Crippen LogP contribution is 2.15. The van der Waals surface area contributed by atoms with Crippen LogP contribution >= 0.6 is 0 Å². The number of ether oxygens (including phenoxy) is 1. The van der Waals surface area contributed by atoms with Gasteiger partial charge in [-0.2, -0.15) is 0 Å². The molecule has 0 aromatic heterocycles. The van der Waals surface area contributed by atoms with Crippen molar-refractivity contribution in [2.24, 2.45) is 0 Å². The van der Waals surface area contributed by atoms with Gasteiger partial charge in [-0.15, -0.1) is 0 Å². The van der Waals surface area contributed by atoms with Gasteiger partial charge in [0.1, 0.15) is 0 Å². The van der Waals surface area contributed by atoms with Crippen LogP contribution in [-0.2, 0) is 11.2 Å². The van der Waals surface area contributed by atoms with Gasteiger partial charge in [0.2, 0.25) is 0 Å². The van der Waals surface area contributed by atoms with Crippen molar-refractivity contribution in [2.45, 2.75) is 13.3 Å². The first-order chi connectivity index (χ1) is 7.27. The van der Waals surface area contributed by atoms with E-state index < -0.39 is 6.09 Å². The Morgan fingerprint density at radius 1 is 1.47 bits per heavy atom. The van der Waals surface area contributed by atoms with Crippen molar-refractivity contribution in [3.63, 3.8) is 0 Å². The molecule has 0 atom stereocenters. The van der Waals surface area contributed by atoms with Crippen molar-refractivity contribution in [3.8, 4) is 0 Å². The number of hydrogen-bond donors (Lipinski definition) is 2. The number of amides is 1. The molecule has 0 spiro atoms. The zero-order valence-corrected chi connectivity index (χ0v) is 8.69. The highest BCUT2D eigenvalue weighted by atomic mass is 16.5. The first kappa shape index (κ1) is 11.5. The number of nitrogens with one attached hydrogen (secondary N) is 1. The second-order valence-electron chi connectivity index (χ2n) is 2.98. The lowest BCUT2D eigenvalue weighted by atomic mass is 10.1. The highest BCUT2D eigenvalue weighted by Gasteiger charge is 2.05. The van der Waals surface area contributed by atoms with Crippen LogP contribution in [0.15, 0.2) is 24.3 Å². The Bertz CT molecular complexity index is 325. The van der Waals surface area contributed by atoms with Gasteiger partial charge in [0.15, 0.2) is 0 Å². The molecule has 4 heteroatoms. The monoisotopic (exact) mass is 209 g/mol. The Hall–Kier alpha value is -1.55. The van der Waals surface area contributed by atoms with E-state index in [4.69, 9.17) is 9.84 Å². The van der Waals surface area contributed by atoms with Gasteiger partial charge in [0.05, 0.1) is 6.61 Å². The van der Waals surface area contributed by atoms with Crippen LogP contribution in [0.3, 0.4) is 0 Å². The molecular formula is C11H15NO3. The van der Waals surface area contributed by atoms with E-state index in [-0.39, 0.29) is 6.61 Å². The molecule has 0 unspecified atom stereocenters. The van der Waals surface area contributed by atoms with Crippen LogP contribution < -0.4 is 5.32 Å². The molecule has 0 aliphatic heterocycles. The molecular weight excluding hydrogens is 194 g/mol. The minimum Gasteiger partial charge on any atom is -0.450 e. The summed E-state index contributed by atoms with van der Waals surface area (Å²) >= 11 is 0. The van der Waals surface area contributed by atoms with Crippen molar-refractivity contribution in [3.05, 3.63) is 29.8 Å². The van der Waals surface area contributed by atoms with Crippen LogP contribution in [0.25, 0.3) is 0 Å². The van der Waals surface area contributed by atoms with Gasteiger partial charge in [-0.1, -0.05) is 18.2 Å². The van der Waals surface area contributed by atoms with Gasteiger partial charge in [-0.25, -0.2) is 4.79 Å². The maximum absolute atomic E-state index is 11.2. The molecule has 0 heterocycles. The average Bonchev–Trinajstić information content (AvgIpc) is 2.21. The lowest BCUT2D eigenvalue weighted by Gasteiger charge is -2.09. The molecule has 0 aliphatic carbocycles. The van der Waals surface area contributed by atoms with Crippen molar-refractivity contribution in [2.75, 3.05) is 18.5 Å². The Balaban J connectivity index is 2.70. The molecule has 1 aromatic carbocycles. The predicted octanol–water partition coefficient (Wildman–Crippen LogP) is 1.79. The molecule has 0 fully saturated rings. The summed E-state index contributed by atoms with van der Waals surface area (Å²) in [5.74, 6) is 0. The van der Waals surface area contributed by atoms with Gasteiger partial charge in [-0.3, -0.25) is 5.32 Å². The summed E-state index contributed by atoms with van der Waals surface area (Å²) in [5, 5.41) is 11.5. The molecule has 0 bridgehead atoms. The van der Waals surface area contributed by atoms with Crippen LogP contribution in [-0.4, -0.2) is 24.4 Å². The molecule has 15 heavy (non-hydrogen) atoms. The number of para-hydroxylation sites is 1. The maximum Gasteiger partial charge on any atom is 0.411 e. The third-order valence-electron chi connectivity index (χ3n) is 1.91. The Morgan fingerprint density at radius 3 is 2.87 bits per heavy atom. The van der Waals surface area contributed by atoms with Crippen molar-refractivity contribution >= 4 is 11.8 Å². The van der Waals surface area contributed by atoms with E-state index in [1.165, 1.54) is 0 Å². The van der Waals surface area contributed by atoms with Gasteiger partial charge in [0.25, 0.3) is 0 Å². The van der Waals surface area contributed by atoms with E-state index in [2.05, 4.69) is 5.32 Å². The number of aliphatic hydroxyl groups excluding tert-OH is 1. The van der Waals surface area contributed by atoms with Crippen LogP contribution in [0.1, 0.15) is 12.5 Å². The number of hydrogen-bond acceptors (Lipinski definition) is 3. The number of benzene rings is 1.